The molecule has 2 fully saturated rings. The minimum Gasteiger partial charge on any atom is -0.361 e. The molecule has 2 aromatic heterocycles. The number of likely N-dealkylation sites (tertiary alicyclic amines) is 1. The van der Waals surface area contributed by atoms with Crippen LogP contribution >= 0.6 is 11.3 Å². The summed E-state index contributed by atoms with van der Waals surface area (Å²) in [5, 5.41) is 9.03. The van der Waals surface area contributed by atoms with Gasteiger partial charge in [0, 0.05) is 26.2 Å². The van der Waals surface area contributed by atoms with Gasteiger partial charge in [0.25, 0.3) is 0 Å². The summed E-state index contributed by atoms with van der Waals surface area (Å²) in [6.45, 7) is 5.67. The molecule has 22 heavy (non-hydrogen) atoms. The van der Waals surface area contributed by atoms with E-state index in [0.717, 1.165) is 35.0 Å². The van der Waals surface area contributed by atoms with Crippen molar-refractivity contribution in [3.8, 4) is 0 Å². The van der Waals surface area contributed by atoms with Crippen molar-refractivity contribution in [2.45, 2.75) is 45.1 Å². The summed E-state index contributed by atoms with van der Waals surface area (Å²) in [5.41, 5.74) is 2.08. The van der Waals surface area contributed by atoms with Crippen molar-refractivity contribution in [1.29, 1.82) is 0 Å². The molecule has 6 heteroatoms. The number of aryl methyl sites for hydroxylation is 2. The second-order valence-electron chi connectivity index (χ2n) is 6.85. The Kier molecular flexibility index (Phi) is 3.82. The van der Waals surface area contributed by atoms with Crippen molar-refractivity contribution < 1.29 is 0 Å². The maximum Gasteiger partial charge on any atom is 0.185 e. The maximum atomic E-state index is 4.68. The van der Waals surface area contributed by atoms with Crippen molar-refractivity contribution in [1.82, 2.24) is 19.7 Å². The number of aromatic nitrogens is 3. The molecule has 0 aromatic carbocycles. The number of rotatable bonds is 4. The van der Waals surface area contributed by atoms with Crippen LogP contribution in [0.1, 0.15) is 37.8 Å². The van der Waals surface area contributed by atoms with Crippen LogP contribution in [0.2, 0.25) is 0 Å². The van der Waals surface area contributed by atoms with E-state index >= 15 is 0 Å². The van der Waals surface area contributed by atoms with E-state index < -0.39 is 0 Å². The van der Waals surface area contributed by atoms with Gasteiger partial charge in [0.2, 0.25) is 0 Å². The molecule has 1 N–H and O–H groups in total. The highest BCUT2D eigenvalue weighted by Gasteiger charge is 2.29. The zero-order valence-electron chi connectivity index (χ0n) is 13.5. The molecule has 0 unspecified atom stereocenters. The molecule has 2 aliphatic rings. The van der Waals surface area contributed by atoms with Crippen LogP contribution in [0.3, 0.4) is 0 Å². The maximum absolute atomic E-state index is 4.68. The number of thiazole rings is 1. The van der Waals surface area contributed by atoms with E-state index in [-0.39, 0.29) is 0 Å². The molecule has 1 saturated heterocycles. The standard InChI is InChI=1S/C16H25N5S/c1-11-14-15(20(2)19-11)18-16(22-14)17-9-12-7-8-21(10-12)13-5-3-4-6-13/h12-13H,3-10H2,1-2H3,(H,17,18)/t12-/m0/s1. The third-order valence-electron chi connectivity index (χ3n) is 5.24. The second-order valence-corrected chi connectivity index (χ2v) is 7.85. The van der Waals surface area contributed by atoms with Crippen LogP contribution in [0.5, 0.6) is 0 Å². The van der Waals surface area contributed by atoms with Gasteiger partial charge in [0.05, 0.1) is 10.4 Å². The van der Waals surface area contributed by atoms with Gasteiger partial charge in [-0.25, -0.2) is 9.67 Å². The molecule has 0 radical (unpaired) electrons. The Morgan fingerprint density at radius 2 is 2.09 bits per heavy atom. The van der Waals surface area contributed by atoms with Gasteiger partial charge in [-0.15, -0.1) is 0 Å². The molecular weight excluding hydrogens is 294 g/mol. The van der Waals surface area contributed by atoms with Gasteiger partial charge in [-0.2, -0.15) is 5.10 Å². The first-order valence-corrected chi connectivity index (χ1v) is 9.30. The minimum absolute atomic E-state index is 0.770. The highest BCUT2D eigenvalue weighted by atomic mass is 32.1. The topological polar surface area (TPSA) is 46.0 Å². The minimum atomic E-state index is 0.770. The summed E-state index contributed by atoms with van der Waals surface area (Å²) in [4.78, 5) is 7.41. The molecule has 1 saturated carbocycles. The lowest BCUT2D eigenvalue weighted by Gasteiger charge is -2.23. The number of hydrogen-bond acceptors (Lipinski definition) is 5. The van der Waals surface area contributed by atoms with E-state index in [2.05, 4.69) is 27.2 Å². The molecular formula is C16H25N5S. The van der Waals surface area contributed by atoms with E-state index in [1.54, 1.807) is 11.3 Å². The SMILES string of the molecule is Cc1nn(C)c2nc(NC[C@@H]3CCN(C4CCCC4)C3)sc12. The predicted octanol–water partition coefficient (Wildman–Crippen LogP) is 3.01. The molecule has 1 aliphatic carbocycles. The molecule has 0 bridgehead atoms. The lowest BCUT2D eigenvalue weighted by atomic mass is 10.1. The fraction of sp³-hybridized carbons (Fsp3) is 0.750. The highest BCUT2D eigenvalue weighted by molar-refractivity contribution is 7.22. The van der Waals surface area contributed by atoms with Gasteiger partial charge < -0.3 is 10.2 Å². The quantitative estimate of drug-likeness (QED) is 0.941. The van der Waals surface area contributed by atoms with Crippen LogP contribution < -0.4 is 5.32 Å². The van der Waals surface area contributed by atoms with Crippen molar-refractivity contribution in [2.24, 2.45) is 13.0 Å². The number of anilines is 1. The van der Waals surface area contributed by atoms with Gasteiger partial charge in [-0.3, -0.25) is 0 Å². The molecule has 1 atom stereocenters. The number of hydrogen-bond donors (Lipinski definition) is 1. The highest BCUT2D eigenvalue weighted by Crippen LogP contribution is 2.30. The zero-order valence-corrected chi connectivity index (χ0v) is 14.3. The van der Waals surface area contributed by atoms with Crippen LogP contribution in [-0.2, 0) is 7.05 Å². The van der Waals surface area contributed by atoms with Crippen LogP contribution in [-0.4, -0.2) is 45.3 Å². The first-order valence-electron chi connectivity index (χ1n) is 8.49. The van der Waals surface area contributed by atoms with E-state index in [1.165, 1.54) is 49.9 Å². The number of fused-ring (bicyclic) bond motifs is 1. The number of nitrogens with one attached hydrogen (secondary N) is 1. The Labute approximate surface area is 135 Å². The van der Waals surface area contributed by atoms with Gasteiger partial charge >= 0.3 is 0 Å². The second kappa shape index (κ2) is 5.81. The fourth-order valence-corrected chi connectivity index (χ4v) is 4.96. The van der Waals surface area contributed by atoms with Crippen molar-refractivity contribution in [3.63, 3.8) is 0 Å². The van der Waals surface area contributed by atoms with Crippen LogP contribution in [0.25, 0.3) is 10.3 Å². The van der Waals surface area contributed by atoms with E-state index in [9.17, 15) is 0 Å². The predicted molar refractivity (Wildman–Crippen MR) is 91.5 cm³/mol. The average molecular weight is 319 g/mol. The number of nitrogens with zero attached hydrogens (tertiary/aromatic N) is 4. The Balaban J connectivity index is 1.35. The van der Waals surface area contributed by atoms with Gasteiger partial charge in [-0.05, 0) is 38.6 Å². The monoisotopic (exact) mass is 319 g/mol. The van der Waals surface area contributed by atoms with Crippen LogP contribution in [0, 0.1) is 12.8 Å². The van der Waals surface area contributed by atoms with E-state index in [1.807, 2.05) is 11.7 Å². The summed E-state index contributed by atoms with van der Waals surface area (Å²) in [7, 11) is 1.97. The van der Waals surface area contributed by atoms with Gasteiger partial charge in [0.1, 0.15) is 0 Å². The van der Waals surface area contributed by atoms with Crippen molar-refractivity contribution in [2.75, 3.05) is 25.0 Å². The summed E-state index contributed by atoms with van der Waals surface area (Å²) in [5.74, 6) is 0.770. The average Bonchev–Trinajstić information content (AvgIpc) is 3.24. The molecule has 0 amide bonds. The Morgan fingerprint density at radius 1 is 1.27 bits per heavy atom. The summed E-state index contributed by atoms with van der Waals surface area (Å²) in [6, 6.07) is 0.876. The summed E-state index contributed by atoms with van der Waals surface area (Å²) >= 11 is 1.74. The normalized spacial score (nSPS) is 23.8. The lowest BCUT2D eigenvalue weighted by molar-refractivity contribution is 0.238. The molecule has 1 aliphatic heterocycles. The molecule has 120 valence electrons. The molecule has 4 rings (SSSR count). The van der Waals surface area contributed by atoms with Crippen molar-refractivity contribution >= 4 is 26.8 Å². The third-order valence-corrected chi connectivity index (χ3v) is 6.36. The van der Waals surface area contributed by atoms with Gasteiger partial charge in [0.15, 0.2) is 10.8 Å². The molecule has 0 spiro atoms. The Bertz CT molecular complexity index is 620. The van der Waals surface area contributed by atoms with Crippen LogP contribution in [0.4, 0.5) is 5.13 Å². The van der Waals surface area contributed by atoms with E-state index in [0.29, 0.717) is 0 Å². The fourth-order valence-electron chi connectivity index (χ4n) is 4.02. The molecule has 2 aromatic rings. The summed E-state index contributed by atoms with van der Waals surface area (Å²) in [6.07, 6.45) is 7.04. The zero-order chi connectivity index (χ0) is 15.1. The first kappa shape index (κ1) is 14.5. The van der Waals surface area contributed by atoms with Crippen molar-refractivity contribution in [3.05, 3.63) is 5.69 Å². The largest absolute Gasteiger partial charge is 0.361 e. The van der Waals surface area contributed by atoms with Crippen LogP contribution in [0.15, 0.2) is 0 Å². The third kappa shape index (κ3) is 2.63. The lowest BCUT2D eigenvalue weighted by Crippen LogP contribution is -2.31. The molecule has 5 nitrogen and oxygen atoms in total. The first-order chi connectivity index (χ1) is 10.7. The Morgan fingerprint density at radius 3 is 2.86 bits per heavy atom. The summed E-state index contributed by atoms with van der Waals surface area (Å²) < 4.78 is 3.09. The van der Waals surface area contributed by atoms with E-state index in [4.69, 9.17) is 0 Å². The smallest absolute Gasteiger partial charge is 0.185 e. The Hall–Kier alpha value is -1.14. The van der Waals surface area contributed by atoms with Gasteiger partial charge in [-0.1, -0.05) is 24.2 Å². The molecule has 3 heterocycles.